The van der Waals surface area contributed by atoms with Crippen molar-refractivity contribution in [2.75, 3.05) is 17.6 Å². The molecule has 2 amide bonds. The van der Waals surface area contributed by atoms with Crippen molar-refractivity contribution >= 4 is 45.4 Å². The van der Waals surface area contributed by atoms with Crippen LogP contribution in [0.1, 0.15) is 29.6 Å². The van der Waals surface area contributed by atoms with E-state index in [4.69, 9.17) is 5.11 Å². The van der Waals surface area contributed by atoms with Gasteiger partial charge in [0, 0.05) is 16.3 Å². The molecule has 114 valence electrons. The van der Waals surface area contributed by atoms with Crippen LogP contribution in [0.3, 0.4) is 0 Å². The molecule has 3 N–H and O–H groups in total. The van der Waals surface area contributed by atoms with E-state index in [-0.39, 0.29) is 17.3 Å². The monoisotopic (exact) mass is 372 g/mol. The van der Waals surface area contributed by atoms with Gasteiger partial charge in [-0.2, -0.15) is 11.8 Å². The molecule has 2 rings (SSSR count). The highest BCUT2D eigenvalue weighted by Crippen LogP contribution is 2.27. The minimum atomic E-state index is -1.07. The quantitative estimate of drug-likeness (QED) is 0.754. The second-order valence-electron chi connectivity index (χ2n) is 4.79. The number of halogens is 1. The maximum absolute atomic E-state index is 11.9. The highest BCUT2D eigenvalue weighted by molar-refractivity contribution is 9.10. The van der Waals surface area contributed by atoms with Gasteiger partial charge in [-0.25, -0.2) is 9.59 Å². The standard InChI is InChI=1S/C14H17BrN2O3S/c15-11-6-3-5-10(13(18)19)12(11)17-14(20)16-8-9-4-1-2-7-21-9/h3,5-6,9H,1-2,4,7-8H2,(H,18,19)(H2,16,17,20). The Bertz CT molecular complexity index is 533. The van der Waals surface area contributed by atoms with Crippen LogP contribution in [0.5, 0.6) is 0 Å². The molecule has 7 heteroatoms. The maximum atomic E-state index is 11.9. The molecular weight excluding hydrogens is 356 g/mol. The van der Waals surface area contributed by atoms with Gasteiger partial charge in [0.1, 0.15) is 0 Å². The number of para-hydroxylation sites is 1. The summed E-state index contributed by atoms with van der Waals surface area (Å²) in [5, 5.41) is 15.0. The van der Waals surface area contributed by atoms with Gasteiger partial charge in [-0.05, 0) is 46.7 Å². The number of carbonyl (C=O) groups excluding carboxylic acids is 1. The van der Waals surface area contributed by atoms with E-state index in [1.165, 1.54) is 18.9 Å². The molecular formula is C14H17BrN2O3S. The number of carboxylic acids is 1. The van der Waals surface area contributed by atoms with E-state index in [0.717, 1.165) is 12.2 Å². The molecule has 0 aliphatic carbocycles. The molecule has 1 aromatic rings. The Kier molecular flexibility index (Phi) is 5.93. The fraction of sp³-hybridized carbons (Fsp3) is 0.429. The molecule has 1 aliphatic rings. The first-order valence-corrected chi connectivity index (χ1v) is 8.60. The summed E-state index contributed by atoms with van der Waals surface area (Å²) in [5.41, 5.74) is 0.338. The van der Waals surface area contributed by atoms with Crippen molar-refractivity contribution in [3.8, 4) is 0 Å². The average molecular weight is 373 g/mol. The molecule has 5 nitrogen and oxygen atoms in total. The van der Waals surface area contributed by atoms with E-state index in [1.807, 2.05) is 11.8 Å². The molecule has 0 saturated carbocycles. The molecule has 0 bridgehead atoms. The van der Waals surface area contributed by atoms with Crippen LogP contribution in [0.15, 0.2) is 22.7 Å². The highest BCUT2D eigenvalue weighted by atomic mass is 79.9. The Hall–Kier alpha value is -1.21. The predicted molar refractivity (Wildman–Crippen MR) is 88.2 cm³/mol. The van der Waals surface area contributed by atoms with Crippen LogP contribution < -0.4 is 10.6 Å². The average Bonchev–Trinajstić information content (AvgIpc) is 2.48. The smallest absolute Gasteiger partial charge is 0.337 e. The second kappa shape index (κ2) is 7.70. The van der Waals surface area contributed by atoms with Crippen molar-refractivity contribution in [3.05, 3.63) is 28.2 Å². The van der Waals surface area contributed by atoms with Crippen molar-refractivity contribution in [1.82, 2.24) is 5.32 Å². The van der Waals surface area contributed by atoms with Gasteiger partial charge in [-0.15, -0.1) is 0 Å². The second-order valence-corrected chi connectivity index (χ2v) is 7.05. The van der Waals surface area contributed by atoms with E-state index >= 15 is 0 Å². The van der Waals surface area contributed by atoms with Gasteiger partial charge in [0.2, 0.25) is 0 Å². The number of benzene rings is 1. The summed E-state index contributed by atoms with van der Waals surface area (Å²) in [6.45, 7) is 0.601. The topological polar surface area (TPSA) is 78.4 Å². The van der Waals surface area contributed by atoms with E-state index in [1.54, 1.807) is 12.1 Å². The van der Waals surface area contributed by atoms with E-state index in [9.17, 15) is 9.59 Å². The van der Waals surface area contributed by atoms with Gasteiger partial charge in [0.15, 0.2) is 0 Å². The third-order valence-electron chi connectivity index (χ3n) is 3.25. The van der Waals surface area contributed by atoms with Gasteiger partial charge in [0.25, 0.3) is 0 Å². The fourth-order valence-electron chi connectivity index (χ4n) is 2.16. The van der Waals surface area contributed by atoms with Crippen LogP contribution in [0, 0.1) is 0 Å². The number of carboxylic acid groups (broad SMARTS) is 1. The first-order chi connectivity index (χ1) is 10.1. The number of rotatable bonds is 4. The third-order valence-corrected chi connectivity index (χ3v) is 5.31. The fourth-order valence-corrected chi connectivity index (χ4v) is 3.87. The molecule has 1 unspecified atom stereocenters. The lowest BCUT2D eigenvalue weighted by Gasteiger charge is -2.21. The zero-order chi connectivity index (χ0) is 15.2. The van der Waals surface area contributed by atoms with Crippen LogP contribution in [-0.2, 0) is 0 Å². The Morgan fingerprint density at radius 1 is 1.38 bits per heavy atom. The lowest BCUT2D eigenvalue weighted by Crippen LogP contribution is -2.35. The minimum absolute atomic E-state index is 0.0616. The number of amides is 2. The van der Waals surface area contributed by atoms with Crippen LogP contribution in [0.4, 0.5) is 10.5 Å². The first-order valence-electron chi connectivity index (χ1n) is 6.76. The molecule has 1 heterocycles. The van der Waals surface area contributed by atoms with Crippen molar-refractivity contribution in [2.24, 2.45) is 0 Å². The molecule has 1 aliphatic heterocycles. The zero-order valence-corrected chi connectivity index (χ0v) is 13.8. The predicted octanol–water partition coefficient (Wildman–Crippen LogP) is 3.55. The van der Waals surface area contributed by atoms with Gasteiger partial charge >= 0.3 is 12.0 Å². The summed E-state index contributed by atoms with van der Waals surface area (Å²) in [6, 6.07) is 4.39. The Morgan fingerprint density at radius 3 is 2.86 bits per heavy atom. The first kappa shape index (κ1) is 16.2. The lowest BCUT2D eigenvalue weighted by atomic mass is 10.2. The summed E-state index contributed by atoms with van der Waals surface area (Å²) >= 11 is 5.14. The minimum Gasteiger partial charge on any atom is -0.478 e. The van der Waals surface area contributed by atoms with E-state index in [0.29, 0.717) is 16.3 Å². The highest BCUT2D eigenvalue weighted by Gasteiger charge is 2.17. The number of nitrogens with one attached hydrogen (secondary N) is 2. The Balaban J connectivity index is 1.94. The molecule has 1 fully saturated rings. The number of hydrogen-bond acceptors (Lipinski definition) is 3. The molecule has 1 atom stereocenters. The van der Waals surface area contributed by atoms with Gasteiger partial charge in [-0.3, -0.25) is 0 Å². The summed E-state index contributed by atoms with van der Waals surface area (Å²) < 4.78 is 0.546. The molecule has 21 heavy (non-hydrogen) atoms. The van der Waals surface area contributed by atoms with Crippen molar-refractivity contribution in [2.45, 2.75) is 24.5 Å². The number of anilines is 1. The van der Waals surface area contributed by atoms with Gasteiger partial charge in [0.05, 0.1) is 11.3 Å². The zero-order valence-electron chi connectivity index (χ0n) is 11.4. The molecule has 1 saturated heterocycles. The molecule has 1 aromatic carbocycles. The van der Waals surface area contributed by atoms with Crippen LogP contribution in [-0.4, -0.2) is 34.7 Å². The van der Waals surface area contributed by atoms with Gasteiger partial charge < -0.3 is 15.7 Å². The maximum Gasteiger partial charge on any atom is 0.337 e. The van der Waals surface area contributed by atoms with Gasteiger partial charge in [-0.1, -0.05) is 12.5 Å². The lowest BCUT2D eigenvalue weighted by molar-refractivity contribution is 0.0698. The van der Waals surface area contributed by atoms with Crippen molar-refractivity contribution in [1.29, 1.82) is 0 Å². The third kappa shape index (κ3) is 4.64. The summed E-state index contributed by atoms with van der Waals surface area (Å²) in [7, 11) is 0. The summed E-state index contributed by atoms with van der Waals surface area (Å²) in [4.78, 5) is 23.1. The Labute approximate surface area is 136 Å². The SMILES string of the molecule is O=C(NCC1CCCCS1)Nc1c(Br)cccc1C(=O)O. The summed E-state index contributed by atoms with van der Waals surface area (Å²) in [6.07, 6.45) is 3.56. The molecule has 0 spiro atoms. The van der Waals surface area contributed by atoms with Crippen molar-refractivity contribution < 1.29 is 14.7 Å². The normalized spacial score (nSPS) is 18.0. The van der Waals surface area contributed by atoms with E-state index < -0.39 is 5.97 Å². The number of urea groups is 1. The number of thioether (sulfide) groups is 1. The largest absolute Gasteiger partial charge is 0.478 e. The van der Waals surface area contributed by atoms with Crippen LogP contribution in [0.25, 0.3) is 0 Å². The van der Waals surface area contributed by atoms with Crippen LogP contribution in [0.2, 0.25) is 0 Å². The Morgan fingerprint density at radius 2 is 2.19 bits per heavy atom. The molecule has 0 aromatic heterocycles. The molecule has 0 radical (unpaired) electrons. The summed E-state index contributed by atoms with van der Waals surface area (Å²) in [5.74, 6) is 0.0656. The number of hydrogen-bond donors (Lipinski definition) is 3. The number of aromatic carboxylic acids is 1. The van der Waals surface area contributed by atoms with Crippen molar-refractivity contribution in [3.63, 3.8) is 0 Å². The number of carbonyl (C=O) groups is 2. The van der Waals surface area contributed by atoms with Crippen LogP contribution >= 0.6 is 27.7 Å². The van der Waals surface area contributed by atoms with E-state index in [2.05, 4.69) is 26.6 Å².